The van der Waals surface area contributed by atoms with Crippen LogP contribution in [0.5, 0.6) is 0 Å². The van der Waals surface area contributed by atoms with Gasteiger partial charge in [0, 0.05) is 18.0 Å². The normalized spacial score (nSPS) is 13.1. The van der Waals surface area contributed by atoms with Crippen LogP contribution in [-0.2, 0) is 11.3 Å². The van der Waals surface area contributed by atoms with Gasteiger partial charge in [0.15, 0.2) is 0 Å². The summed E-state index contributed by atoms with van der Waals surface area (Å²) in [5.74, 6) is 0. The summed E-state index contributed by atoms with van der Waals surface area (Å²) in [6.45, 7) is 0. The summed E-state index contributed by atoms with van der Waals surface area (Å²) in [5, 5.41) is 0. The number of benzene rings is 1. The molecule has 0 amide bonds. The number of hydrogen-bond donors (Lipinski definition) is 1. The van der Waals surface area contributed by atoms with Gasteiger partial charge in [-0.05, 0) is 35.2 Å². The summed E-state index contributed by atoms with van der Waals surface area (Å²) >= 11 is 0. The molecule has 0 bridgehead atoms. The molecule has 90 valence electrons. The third-order valence-electron chi connectivity index (χ3n) is 3.18. The topological polar surface area (TPSA) is 34.1 Å². The number of pyridine rings is 1. The van der Waals surface area contributed by atoms with E-state index in [0.29, 0.717) is 0 Å². The van der Waals surface area contributed by atoms with Crippen molar-refractivity contribution >= 4 is 5.70 Å². The van der Waals surface area contributed by atoms with Crippen LogP contribution in [0, 0.1) is 0 Å². The van der Waals surface area contributed by atoms with Crippen molar-refractivity contribution in [3.63, 3.8) is 0 Å². The van der Waals surface area contributed by atoms with Crippen molar-refractivity contribution in [2.24, 2.45) is 0 Å². The van der Waals surface area contributed by atoms with Gasteiger partial charge in [-0.2, -0.15) is 0 Å². The number of aromatic nitrogens is 1. The van der Waals surface area contributed by atoms with Gasteiger partial charge < -0.3 is 0 Å². The van der Waals surface area contributed by atoms with Gasteiger partial charge in [0.1, 0.15) is 0 Å². The molecule has 1 aliphatic rings. The predicted molar refractivity (Wildman–Crippen MR) is 71.5 cm³/mol. The fourth-order valence-electron chi connectivity index (χ4n) is 2.38. The van der Waals surface area contributed by atoms with Crippen LogP contribution in [0.25, 0.3) is 16.8 Å². The zero-order valence-electron chi connectivity index (χ0n) is 10.2. The molecule has 0 fully saturated rings. The van der Waals surface area contributed by atoms with Crippen LogP contribution in [0.1, 0.15) is 11.1 Å². The Kier molecular flexibility index (Phi) is 2.82. The van der Waals surface area contributed by atoms with Crippen molar-refractivity contribution < 1.29 is 4.84 Å². The molecule has 18 heavy (non-hydrogen) atoms. The average molecular weight is 238 g/mol. The molecule has 1 N–H and O–H groups in total. The van der Waals surface area contributed by atoms with E-state index in [1.807, 2.05) is 24.5 Å². The van der Waals surface area contributed by atoms with Crippen molar-refractivity contribution in [3.8, 4) is 11.1 Å². The number of rotatable bonds is 3. The third-order valence-corrected chi connectivity index (χ3v) is 3.18. The van der Waals surface area contributed by atoms with E-state index in [4.69, 9.17) is 4.84 Å². The highest BCUT2D eigenvalue weighted by molar-refractivity contribution is 5.80. The Labute approximate surface area is 106 Å². The van der Waals surface area contributed by atoms with E-state index in [0.717, 1.165) is 12.1 Å². The quantitative estimate of drug-likeness (QED) is 0.835. The van der Waals surface area contributed by atoms with Gasteiger partial charge in [-0.25, -0.2) is 0 Å². The van der Waals surface area contributed by atoms with E-state index in [2.05, 4.69) is 34.7 Å². The van der Waals surface area contributed by atoms with E-state index >= 15 is 0 Å². The fourth-order valence-corrected chi connectivity index (χ4v) is 2.38. The van der Waals surface area contributed by atoms with E-state index in [1.54, 1.807) is 7.11 Å². The van der Waals surface area contributed by atoms with Crippen LogP contribution >= 0.6 is 0 Å². The first-order valence-corrected chi connectivity index (χ1v) is 5.92. The lowest BCUT2D eigenvalue weighted by Crippen LogP contribution is -2.08. The molecule has 0 saturated carbocycles. The van der Waals surface area contributed by atoms with Gasteiger partial charge in [0.25, 0.3) is 0 Å². The Morgan fingerprint density at radius 1 is 1.11 bits per heavy atom. The van der Waals surface area contributed by atoms with Gasteiger partial charge in [-0.3, -0.25) is 15.3 Å². The minimum Gasteiger partial charge on any atom is -0.279 e. The number of hydroxylamine groups is 1. The summed E-state index contributed by atoms with van der Waals surface area (Å²) in [4.78, 5) is 9.06. The number of allylic oxidation sites excluding steroid dienone is 1. The van der Waals surface area contributed by atoms with Gasteiger partial charge in [-0.1, -0.05) is 24.3 Å². The van der Waals surface area contributed by atoms with Crippen molar-refractivity contribution in [1.82, 2.24) is 10.5 Å². The average Bonchev–Trinajstić information content (AvgIpc) is 2.84. The monoisotopic (exact) mass is 238 g/mol. The molecule has 1 heterocycles. The Morgan fingerprint density at radius 3 is 2.67 bits per heavy atom. The summed E-state index contributed by atoms with van der Waals surface area (Å²) in [7, 11) is 1.63. The zero-order valence-corrected chi connectivity index (χ0v) is 10.2. The summed E-state index contributed by atoms with van der Waals surface area (Å²) in [5.41, 5.74) is 8.99. The van der Waals surface area contributed by atoms with Crippen LogP contribution in [-0.4, -0.2) is 12.1 Å². The Balaban J connectivity index is 2.06. The summed E-state index contributed by atoms with van der Waals surface area (Å²) < 4.78 is 0. The van der Waals surface area contributed by atoms with Crippen molar-refractivity contribution in [2.75, 3.05) is 7.11 Å². The van der Waals surface area contributed by atoms with Crippen LogP contribution < -0.4 is 5.48 Å². The van der Waals surface area contributed by atoms with Crippen molar-refractivity contribution in [3.05, 3.63) is 59.9 Å². The lowest BCUT2D eigenvalue weighted by Gasteiger charge is -2.11. The Hall–Kier alpha value is -2.13. The standard InChI is InChI=1S/C15H14N2O/c1-18-17-15-6-5-13-12(3-2-4-14(13)15)11-7-9-16-10-8-11/h2-4,6-10,17H,5H2,1H3. The van der Waals surface area contributed by atoms with Crippen LogP contribution in [0.3, 0.4) is 0 Å². The largest absolute Gasteiger partial charge is 0.279 e. The highest BCUT2D eigenvalue weighted by Gasteiger charge is 2.17. The number of fused-ring (bicyclic) bond motifs is 1. The number of nitrogens with zero attached hydrogens (tertiary/aromatic N) is 1. The second-order valence-electron chi connectivity index (χ2n) is 4.20. The molecule has 1 aromatic carbocycles. The van der Waals surface area contributed by atoms with Crippen molar-refractivity contribution in [2.45, 2.75) is 6.42 Å². The molecule has 2 aromatic rings. The van der Waals surface area contributed by atoms with Crippen LogP contribution in [0.4, 0.5) is 0 Å². The molecular weight excluding hydrogens is 224 g/mol. The molecule has 0 atom stereocenters. The van der Waals surface area contributed by atoms with E-state index in [9.17, 15) is 0 Å². The van der Waals surface area contributed by atoms with Crippen LogP contribution in [0.15, 0.2) is 48.8 Å². The van der Waals surface area contributed by atoms with E-state index < -0.39 is 0 Å². The van der Waals surface area contributed by atoms with Crippen molar-refractivity contribution in [1.29, 1.82) is 0 Å². The second-order valence-corrected chi connectivity index (χ2v) is 4.20. The third kappa shape index (κ3) is 1.79. The molecule has 0 aliphatic heterocycles. The highest BCUT2D eigenvalue weighted by atomic mass is 16.6. The first-order chi connectivity index (χ1) is 8.90. The molecule has 1 aromatic heterocycles. The Bertz CT molecular complexity index is 591. The maximum atomic E-state index is 5.00. The number of hydrogen-bond acceptors (Lipinski definition) is 3. The lowest BCUT2D eigenvalue weighted by molar-refractivity contribution is 0.137. The second kappa shape index (κ2) is 4.63. The summed E-state index contributed by atoms with van der Waals surface area (Å²) in [6.07, 6.45) is 6.73. The van der Waals surface area contributed by atoms with E-state index in [1.165, 1.54) is 22.3 Å². The molecule has 0 spiro atoms. The maximum Gasteiger partial charge on any atom is 0.0643 e. The van der Waals surface area contributed by atoms with Gasteiger partial charge in [-0.15, -0.1) is 0 Å². The molecular formula is C15H14N2O. The molecule has 1 aliphatic carbocycles. The molecule has 3 rings (SSSR count). The number of nitrogens with one attached hydrogen (secondary N) is 1. The lowest BCUT2D eigenvalue weighted by atomic mass is 9.97. The van der Waals surface area contributed by atoms with E-state index in [-0.39, 0.29) is 0 Å². The van der Waals surface area contributed by atoms with Gasteiger partial charge >= 0.3 is 0 Å². The molecule has 3 nitrogen and oxygen atoms in total. The van der Waals surface area contributed by atoms with Gasteiger partial charge in [0.2, 0.25) is 0 Å². The highest BCUT2D eigenvalue weighted by Crippen LogP contribution is 2.33. The maximum absolute atomic E-state index is 5.00. The first kappa shape index (κ1) is 11.0. The minimum atomic E-state index is 0.930. The SMILES string of the molecule is CONC1=CCc2c1cccc2-c1ccncc1. The molecule has 3 heteroatoms. The minimum absolute atomic E-state index is 0.930. The molecule has 0 unspecified atom stereocenters. The summed E-state index contributed by atoms with van der Waals surface area (Å²) in [6, 6.07) is 10.4. The fraction of sp³-hybridized carbons (Fsp3) is 0.133. The first-order valence-electron chi connectivity index (χ1n) is 5.92. The molecule has 0 radical (unpaired) electrons. The van der Waals surface area contributed by atoms with Crippen LogP contribution in [0.2, 0.25) is 0 Å². The molecule has 0 saturated heterocycles. The van der Waals surface area contributed by atoms with Gasteiger partial charge in [0.05, 0.1) is 12.8 Å². The Morgan fingerprint density at radius 2 is 1.89 bits per heavy atom. The zero-order chi connectivity index (χ0) is 12.4. The smallest absolute Gasteiger partial charge is 0.0643 e. The predicted octanol–water partition coefficient (Wildman–Crippen LogP) is 2.80.